The summed E-state index contributed by atoms with van der Waals surface area (Å²) in [5.41, 5.74) is 6.31. The summed E-state index contributed by atoms with van der Waals surface area (Å²) in [5, 5.41) is 12.2. The molecule has 0 aliphatic heterocycles. The number of amides is 1. The van der Waals surface area contributed by atoms with E-state index >= 15 is 0 Å². The summed E-state index contributed by atoms with van der Waals surface area (Å²) in [7, 11) is 1.89. The summed E-state index contributed by atoms with van der Waals surface area (Å²) >= 11 is 5.95. The van der Waals surface area contributed by atoms with Crippen LogP contribution in [0, 0.1) is 0 Å². The van der Waals surface area contributed by atoms with E-state index in [-0.39, 0.29) is 11.8 Å². The number of halogens is 1. The normalized spacial score (nSPS) is 12.1. The van der Waals surface area contributed by atoms with Crippen LogP contribution in [-0.2, 0) is 11.8 Å². The number of hydrogen-bond acceptors (Lipinski definition) is 4. The van der Waals surface area contributed by atoms with Crippen molar-refractivity contribution in [3.8, 4) is 22.4 Å². The molecule has 0 radical (unpaired) electrons. The second-order valence-corrected chi connectivity index (χ2v) is 8.35. The Kier molecular flexibility index (Phi) is 5.40. The average molecular weight is 457 g/mol. The Bertz CT molecular complexity index is 1440. The SMILES string of the molecule is CC(C(=O)Nc1ccc(-c2ncnn3cc(-c4cnn(C)c4)cc23)cc1)c1ccc(Cl)cc1. The van der Waals surface area contributed by atoms with Gasteiger partial charge in [-0.15, -0.1) is 0 Å². The molecule has 1 unspecified atom stereocenters. The highest BCUT2D eigenvalue weighted by Gasteiger charge is 2.16. The first-order chi connectivity index (χ1) is 16.0. The zero-order chi connectivity index (χ0) is 22.9. The van der Waals surface area contributed by atoms with Gasteiger partial charge in [-0.05, 0) is 42.8 Å². The number of benzene rings is 2. The number of aromatic nitrogens is 5. The molecule has 5 aromatic rings. The molecule has 0 saturated heterocycles. The predicted molar refractivity (Wildman–Crippen MR) is 129 cm³/mol. The molecule has 3 heterocycles. The Balaban J connectivity index is 1.37. The molecule has 164 valence electrons. The van der Waals surface area contributed by atoms with Gasteiger partial charge in [-0.25, -0.2) is 9.50 Å². The minimum Gasteiger partial charge on any atom is -0.326 e. The van der Waals surface area contributed by atoms with E-state index < -0.39 is 0 Å². The summed E-state index contributed by atoms with van der Waals surface area (Å²) in [6, 6.07) is 17.0. The average Bonchev–Trinajstić information content (AvgIpc) is 3.45. The Morgan fingerprint density at radius 3 is 2.42 bits per heavy atom. The zero-order valence-corrected chi connectivity index (χ0v) is 18.9. The first kappa shape index (κ1) is 20.9. The summed E-state index contributed by atoms with van der Waals surface area (Å²) in [4.78, 5) is 17.2. The van der Waals surface area contributed by atoms with Gasteiger partial charge in [0.1, 0.15) is 6.33 Å². The number of nitrogens with one attached hydrogen (secondary N) is 1. The molecule has 1 N–H and O–H groups in total. The maximum Gasteiger partial charge on any atom is 0.231 e. The van der Waals surface area contributed by atoms with Crippen molar-refractivity contribution in [3.63, 3.8) is 0 Å². The van der Waals surface area contributed by atoms with E-state index in [4.69, 9.17) is 11.6 Å². The molecule has 8 heteroatoms. The quantitative estimate of drug-likeness (QED) is 0.394. The Morgan fingerprint density at radius 2 is 1.73 bits per heavy atom. The zero-order valence-electron chi connectivity index (χ0n) is 18.1. The first-order valence-corrected chi connectivity index (χ1v) is 10.8. The highest BCUT2D eigenvalue weighted by molar-refractivity contribution is 6.30. The molecule has 0 fully saturated rings. The molecule has 33 heavy (non-hydrogen) atoms. The maximum absolute atomic E-state index is 12.7. The van der Waals surface area contributed by atoms with Crippen molar-refractivity contribution in [2.45, 2.75) is 12.8 Å². The summed E-state index contributed by atoms with van der Waals surface area (Å²) in [6.45, 7) is 1.87. The molecule has 1 atom stereocenters. The van der Waals surface area contributed by atoms with Crippen molar-refractivity contribution < 1.29 is 4.79 Å². The van der Waals surface area contributed by atoms with E-state index in [1.807, 2.05) is 73.5 Å². The molecule has 5 rings (SSSR count). The molecular formula is C25H21ClN6O. The van der Waals surface area contributed by atoms with E-state index in [0.717, 1.165) is 39.2 Å². The Labute approximate surface area is 195 Å². The van der Waals surface area contributed by atoms with Crippen LogP contribution < -0.4 is 5.32 Å². The largest absolute Gasteiger partial charge is 0.326 e. The van der Waals surface area contributed by atoms with Crippen molar-refractivity contribution in [2.75, 3.05) is 5.32 Å². The highest BCUT2D eigenvalue weighted by atomic mass is 35.5. The monoisotopic (exact) mass is 456 g/mol. The Hall–Kier alpha value is -3.97. The van der Waals surface area contributed by atoms with Crippen LogP contribution in [0.15, 0.2) is 79.5 Å². The minimum atomic E-state index is -0.296. The van der Waals surface area contributed by atoms with Gasteiger partial charge in [0, 0.05) is 46.8 Å². The van der Waals surface area contributed by atoms with Gasteiger partial charge in [-0.1, -0.05) is 35.9 Å². The van der Waals surface area contributed by atoms with Crippen LogP contribution >= 0.6 is 11.6 Å². The topological polar surface area (TPSA) is 77.1 Å². The van der Waals surface area contributed by atoms with Crippen molar-refractivity contribution in [2.24, 2.45) is 7.05 Å². The first-order valence-electron chi connectivity index (χ1n) is 10.5. The fourth-order valence-electron chi connectivity index (χ4n) is 3.75. The molecule has 0 aliphatic carbocycles. The van der Waals surface area contributed by atoms with Gasteiger partial charge in [0.15, 0.2) is 0 Å². The molecular weight excluding hydrogens is 436 g/mol. The summed E-state index contributed by atoms with van der Waals surface area (Å²) < 4.78 is 3.58. The van der Waals surface area contributed by atoms with Gasteiger partial charge in [0.25, 0.3) is 0 Å². The molecule has 0 saturated carbocycles. The van der Waals surface area contributed by atoms with Crippen molar-refractivity contribution in [1.82, 2.24) is 24.4 Å². The lowest BCUT2D eigenvalue weighted by atomic mass is 10.0. The third-order valence-corrected chi connectivity index (χ3v) is 5.89. The lowest BCUT2D eigenvalue weighted by Crippen LogP contribution is -2.18. The van der Waals surface area contributed by atoms with Gasteiger partial charge >= 0.3 is 0 Å². The number of rotatable bonds is 5. The van der Waals surface area contributed by atoms with Crippen LogP contribution in [0.2, 0.25) is 5.02 Å². The van der Waals surface area contributed by atoms with E-state index in [9.17, 15) is 4.79 Å². The number of hydrogen-bond donors (Lipinski definition) is 1. The van der Waals surface area contributed by atoms with Crippen molar-refractivity contribution in [3.05, 3.63) is 90.1 Å². The molecule has 0 spiro atoms. The van der Waals surface area contributed by atoms with E-state index in [1.165, 1.54) is 0 Å². The number of carbonyl (C=O) groups excluding carboxylic acids is 1. The van der Waals surface area contributed by atoms with Crippen LogP contribution in [0.4, 0.5) is 5.69 Å². The summed E-state index contributed by atoms with van der Waals surface area (Å²) in [6.07, 6.45) is 7.29. The van der Waals surface area contributed by atoms with Crippen molar-refractivity contribution in [1.29, 1.82) is 0 Å². The van der Waals surface area contributed by atoms with Gasteiger partial charge in [0.05, 0.1) is 23.3 Å². The number of anilines is 1. The maximum atomic E-state index is 12.7. The van der Waals surface area contributed by atoms with Gasteiger partial charge < -0.3 is 5.32 Å². The van der Waals surface area contributed by atoms with E-state index in [0.29, 0.717) is 5.02 Å². The molecule has 0 bridgehead atoms. The molecule has 2 aromatic carbocycles. The van der Waals surface area contributed by atoms with Crippen LogP contribution in [0.5, 0.6) is 0 Å². The lowest BCUT2D eigenvalue weighted by molar-refractivity contribution is -0.117. The second-order valence-electron chi connectivity index (χ2n) is 7.91. The fourth-order valence-corrected chi connectivity index (χ4v) is 3.87. The van der Waals surface area contributed by atoms with Gasteiger partial charge in [-0.3, -0.25) is 9.48 Å². The molecule has 1 amide bonds. The Morgan fingerprint density at radius 1 is 0.970 bits per heavy atom. The van der Waals surface area contributed by atoms with E-state index in [1.54, 1.807) is 23.1 Å². The second kappa shape index (κ2) is 8.52. The lowest BCUT2D eigenvalue weighted by Gasteiger charge is -2.13. The van der Waals surface area contributed by atoms with Gasteiger partial charge in [-0.2, -0.15) is 10.2 Å². The third-order valence-electron chi connectivity index (χ3n) is 5.63. The smallest absolute Gasteiger partial charge is 0.231 e. The van der Waals surface area contributed by atoms with E-state index in [2.05, 4.69) is 26.6 Å². The highest BCUT2D eigenvalue weighted by Crippen LogP contribution is 2.28. The number of fused-ring (bicyclic) bond motifs is 1. The minimum absolute atomic E-state index is 0.0813. The standard InChI is InChI=1S/C25H21ClN6O/c1-16(17-3-7-21(26)8-4-17)25(33)30-22-9-5-18(6-10-22)24-23-11-19(14-32(23)29-15-27-24)20-12-28-31(2)13-20/h3-16H,1-2H3,(H,30,33). The number of nitrogens with zero attached hydrogens (tertiary/aromatic N) is 5. The number of carbonyl (C=O) groups is 1. The van der Waals surface area contributed by atoms with Crippen LogP contribution in [-0.4, -0.2) is 30.3 Å². The molecule has 3 aromatic heterocycles. The van der Waals surface area contributed by atoms with Crippen LogP contribution in [0.1, 0.15) is 18.4 Å². The number of aryl methyl sites for hydroxylation is 1. The summed E-state index contributed by atoms with van der Waals surface area (Å²) in [5.74, 6) is -0.378. The predicted octanol–water partition coefficient (Wildman–Crippen LogP) is 5.19. The molecule has 0 aliphatic rings. The third kappa shape index (κ3) is 4.23. The fraction of sp³-hybridized carbons (Fsp3) is 0.120. The van der Waals surface area contributed by atoms with Crippen molar-refractivity contribution >= 4 is 28.7 Å². The molecule has 7 nitrogen and oxygen atoms in total. The van der Waals surface area contributed by atoms with Crippen LogP contribution in [0.25, 0.3) is 27.9 Å². The van der Waals surface area contributed by atoms with Gasteiger partial charge in [0.2, 0.25) is 5.91 Å². The van der Waals surface area contributed by atoms with Crippen LogP contribution in [0.3, 0.4) is 0 Å².